The second kappa shape index (κ2) is 2.48. The number of carbonyl (C=O) groups excluding carboxylic acids is 1. The normalized spacial score (nSPS) is 27.0. The summed E-state index contributed by atoms with van der Waals surface area (Å²) in [6, 6.07) is 0. The SMILES string of the molecule is CC1=NN=C2N=C(Br)NC(=O)C12. The molecule has 2 rings (SSSR count). The van der Waals surface area contributed by atoms with E-state index < -0.39 is 0 Å². The largest absolute Gasteiger partial charge is 0.304 e. The van der Waals surface area contributed by atoms with E-state index in [-0.39, 0.29) is 11.8 Å². The van der Waals surface area contributed by atoms with E-state index in [4.69, 9.17) is 0 Å². The highest BCUT2D eigenvalue weighted by Crippen LogP contribution is 2.16. The van der Waals surface area contributed by atoms with Crippen LogP contribution in [0.1, 0.15) is 6.92 Å². The van der Waals surface area contributed by atoms with Crippen LogP contribution in [0.25, 0.3) is 0 Å². The molecule has 0 saturated carbocycles. The topological polar surface area (TPSA) is 66.2 Å². The van der Waals surface area contributed by atoms with E-state index in [1.165, 1.54) is 0 Å². The number of hydrogen-bond donors (Lipinski definition) is 1. The number of nitrogens with zero attached hydrogens (tertiary/aromatic N) is 3. The van der Waals surface area contributed by atoms with Gasteiger partial charge in [-0.15, -0.1) is 5.10 Å². The van der Waals surface area contributed by atoms with Gasteiger partial charge < -0.3 is 5.32 Å². The second-order valence-electron chi connectivity index (χ2n) is 2.52. The van der Waals surface area contributed by atoms with Gasteiger partial charge in [0.2, 0.25) is 5.91 Å². The molecule has 12 heavy (non-hydrogen) atoms. The number of carbonyl (C=O) groups is 1. The van der Waals surface area contributed by atoms with Crippen molar-refractivity contribution in [1.82, 2.24) is 5.32 Å². The first kappa shape index (κ1) is 7.60. The number of nitrogens with one attached hydrogen (secondary N) is 1. The smallest absolute Gasteiger partial charge is 0.242 e. The average molecular weight is 229 g/mol. The monoisotopic (exact) mass is 228 g/mol. The van der Waals surface area contributed by atoms with Gasteiger partial charge in [-0.3, -0.25) is 4.79 Å². The Morgan fingerprint density at radius 3 is 3.00 bits per heavy atom. The lowest BCUT2D eigenvalue weighted by molar-refractivity contribution is -0.120. The minimum absolute atomic E-state index is 0.130. The maximum absolute atomic E-state index is 11.3. The fraction of sp³-hybridized carbons (Fsp3) is 0.333. The van der Waals surface area contributed by atoms with Gasteiger partial charge in [0.05, 0.1) is 5.71 Å². The lowest BCUT2D eigenvalue weighted by Crippen LogP contribution is -2.43. The van der Waals surface area contributed by atoms with Crippen molar-refractivity contribution in [2.75, 3.05) is 0 Å². The first-order valence-corrected chi connectivity index (χ1v) is 4.15. The molecule has 1 unspecified atom stereocenters. The Morgan fingerprint density at radius 1 is 1.50 bits per heavy atom. The van der Waals surface area contributed by atoms with Crippen molar-refractivity contribution < 1.29 is 4.79 Å². The second-order valence-corrected chi connectivity index (χ2v) is 3.28. The number of amides is 1. The lowest BCUT2D eigenvalue weighted by atomic mass is 10.0. The van der Waals surface area contributed by atoms with Crippen molar-refractivity contribution in [1.29, 1.82) is 0 Å². The predicted octanol–water partition coefficient (Wildman–Crippen LogP) is 0.271. The van der Waals surface area contributed by atoms with Gasteiger partial charge in [-0.1, -0.05) is 0 Å². The molecule has 0 aromatic carbocycles. The molecule has 0 fully saturated rings. The highest BCUT2D eigenvalue weighted by molar-refractivity contribution is 9.18. The molecule has 0 bridgehead atoms. The average Bonchev–Trinajstić information content (AvgIpc) is 2.31. The van der Waals surface area contributed by atoms with Gasteiger partial charge in [-0.25, -0.2) is 4.99 Å². The summed E-state index contributed by atoms with van der Waals surface area (Å²) in [6.45, 7) is 1.76. The van der Waals surface area contributed by atoms with Crippen molar-refractivity contribution >= 4 is 38.1 Å². The maximum Gasteiger partial charge on any atom is 0.242 e. The Bertz CT molecular complexity index is 343. The molecule has 62 valence electrons. The van der Waals surface area contributed by atoms with E-state index >= 15 is 0 Å². The Labute approximate surface area is 76.8 Å². The number of rotatable bonds is 0. The molecular weight excluding hydrogens is 224 g/mol. The molecule has 0 radical (unpaired) electrons. The minimum atomic E-state index is -0.383. The zero-order valence-corrected chi connectivity index (χ0v) is 7.79. The van der Waals surface area contributed by atoms with Gasteiger partial charge >= 0.3 is 0 Å². The Morgan fingerprint density at radius 2 is 2.25 bits per heavy atom. The predicted molar refractivity (Wildman–Crippen MR) is 48.5 cm³/mol. The van der Waals surface area contributed by atoms with Crippen LogP contribution in [0.4, 0.5) is 0 Å². The van der Waals surface area contributed by atoms with Crippen molar-refractivity contribution in [3.05, 3.63) is 0 Å². The molecule has 0 spiro atoms. The van der Waals surface area contributed by atoms with Crippen LogP contribution in [0, 0.1) is 5.92 Å². The summed E-state index contributed by atoms with van der Waals surface area (Å²) in [6.07, 6.45) is 0. The third kappa shape index (κ3) is 0.989. The zero-order chi connectivity index (χ0) is 8.72. The van der Waals surface area contributed by atoms with E-state index in [0.717, 1.165) is 0 Å². The van der Waals surface area contributed by atoms with Crippen LogP contribution in [-0.2, 0) is 4.79 Å². The third-order valence-electron chi connectivity index (χ3n) is 1.69. The van der Waals surface area contributed by atoms with E-state index in [9.17, 15) is 4.79 Å². The van der Waals surface area contributed by atoms with Crippen molar-refractivity contribution in [2.45, 2.75) is 6.92 Å². The third-order valence-corrected chi connectivity index (χ3v) is 2.06. The minimum Gasteiger partial charge on any atom is -0.304 e. The van der Waals surface area contributed by atoms with Crippen molar-refractivity contribution in [3.63, 3.8) is 0 Å². The van der Waals surface area contributed by atoms with Crippen LogP contribution in [0.3, 0.4) is 0 Å². The van der Waals surface area contributed by atoms with E-state index in [0.29, 0.717) is 16.3 Å². The van der Waals surface area contributed by atoms with E-state index in [1.54, 1.807) is 6.92 Å². The zero-order valence-electron chi connectivity index (χ0n) is 6.21. The Balaban J connectivity index is 2.42. The molecule has 2 aliphatic heterocycles. The summed E-state index contributed by atoms with van der Waals surface area (Å²) in [7, 11) is 0. The quantitative estimate of drug-likeness (QED) is 0.595. The molecule has 0 aromatic heterocycles. The summed E-state index contributed by atoms with van der Waals surface area (Å²) in [5.74, 6) is -0.0520. The molecule has 2 aliphatic rings. The molecule has 1 N–H and O–H groups in total. The number of amidine groups is 2. The molecule has 6 heteroatoms. The van der Waals surface area contributed by atoms with Crippen LogP contribution in [0.15, 0.2) is 15.2 Å². The van der Waals surface area contributed by atoms with Crippen molar-refractivity contribution in [3.8, 4) is 0 Å². The fourth-order valence-electron chi connectivity index (χ4n) is 1.13. The van der Waals surface area contributed by atoms with Crippen molar-refractivity contribution in [2.24, 2.45) is 21.1 Å². The highest BCUT2D eigenvalue weighted by atomic mass is 79.9. The molecule has 0 aromatic rings. The van der Waals surface area contributed by atoms with Gasteiger partial charge in [-0.05, 0) is 22.9 Å². The summed E-state index contributed by atoms with van der Waals surface area (Å²) in [5, 5.41) is 10.1. The number of aliphatic imine (C=N–C) groups is 1. The van der Waals surface area contributed by atoms with E-state index in [2.05, 4.69) is 36.4 Å². The molecular formula is C6H5BrN4O. The summed E-state index contributed by atoms with van der Waals surface area (Å²) in [4.78, 5) is 15.3. The van der Waals surface area contributed by atoms with Crippen LogP contribution in [0.5, 0.6) is 0 Å². The Hall–Kier alpha value is -1.04. The summed E-state index contributed by atoms with van der Waals surface area (Å²) in [5.41, 5.74) is 0.686. The van der Waals surface area contributed by atoms with Gasteiger partial charge in [-0.2, -0.15) is 5.10 Å². The summed E-state index contributed by atoms with van der Waals surface area (Å²) < 4.78 is 0.396. The fourth-order valence-corrected chi connectivity index (χ4v) is 1.51. The number of halogens is 1. The lowest BCUT2D eigenvalue weighted by Gasteiger charge is -2.15. The number of fused-ring (bicyclic) bond motifs is 1. The molecule has 2 heterocycles. The maximum atomic E-state index is 11.3. The number of hydrogen-bond acceptors (Lipinski definition) is 4. The molecule has 5 nitrogen and oxygen atoms in total. The van der Waals surface area contributed by atoms with Gasteiger partial charge in [0.1, 0.15) is 5.92 Å². The van der Waals surface area contributed by atoms with E-state index in [1.807, 2.05) is 0 Å². The van der Waals surface area contributed by atoms with Gasteiger partial charge in [0.25, 0.3) is 0 Å². The standard InChI is InChI=1S/C6H5BrN4O/c1-2-3-4(11-10-2)8-6(7)9-5(3)12/h3H,1H3,(H,8,9,11,12). The van der Waals surface area contributed by atoms with Gasteiger partial charge in [0.15, 0.2) is 10.6 Å². The molecule has 1 amide bonds. The molecule has 1 atom stereocenters. The molecule has 0 aliphatic carbocycles. The summed E-state index contributed by atoms with van der Waals surface area (Å²) >= 11 is 3.07. The first-order chi connectivity index (χ1) is 5.68. The van der Waals surface area contributed by atoms with Crippen LogP contribution < -0.4 is 5.32 Å². The van der Waals surface area contributed by atoms with Crippen LogP contribution >= 0.6 is 15.9 Å². The van der Waals surface area contributed by atoms with Gasteiger partial charge in [0, 0.05) is 0 Å². The molecule has 0 saturated heterocycles. The Kier molecular flexibility index (Phi) is 1.57. The first-order valence-electron chi connectivity index (χ1n) is 3.35. The van der Waals surface area contributed by atoms with Crippen LogP contribution in [-0.4, -0.2) is 22.2 Å². The van der Waals surface area contributed by atoms with Crippen LogP contribution in [0.2, 0.25) is 0 Å². The highest BCUT2D eigenvalue weighted by Gasteiger charge is 2.35.